The van der Waals surface area contributed by atoms with E-state index >= 15 is 0 Å². The zero-order valence-electron chi connectivity index (χ0n) is 10.4. The summed E-state index contributed by atoms with van der Waals surface area (Å²) in [5.74, 6) is 0.724. The van der Waals surface area contributed by atoms with Crippen molar-refractivity contribution in [3.05, 3.63) is 0 Å². The number of nitrogens with two attached hydrogens (primary N) is 1. The van der Waals surface area contributed by atoms with Gasteiger partial charge in [-0.1, -0.05) is 13.8 Å². The lowest BCUT2D eigenvalue weighted by Crippen LogP contribution is -2.44. The third kappa shape index (κ3) is 4.49. The Balaban J connectivity index is 2.42. The molecule has 0 amide bonds. The molecule has 0 aromatic rings. The normalized spacial score (nSPS) is 18.8. The smallest absolute Gasteiger partial charge is 0.0589 e. The van der Waals surface area contributed by atoms with Crippen LogP contribution in [0.1, 0.15) is 33.1 Å². The molecule has 1 rings (SSSR count). The minimum absolute atomic E-state index is 0.549. The lowest BCUT2D eigenvalue weighted by atomic mass is 10.0. The van der Waals surface area contributed by atoms with Crippen molar-refractivity contribution in [3.8, 4) is 0 Å². The molecule has 90 valence electrons. The van der Waals surface area contributed by atoms with Crippen LogP contribution in [0.15, 0.2) is 0 Å². The molecule has 1 fully saturated rings. The molecule has 0 radical (unpaired) electrons. The van der Waals surface area contributed by atoms with E-state index in [1.165, 1.54) is 19.3 Å². The summed E-state index contributed by atoms with van der Waals surface area (Å²) in [5.41, 5.74) is 5.88. The van der Waals surface area contributed by atoms with E-state index < -0.39 is 0 Å². The Labute approximate surface area is 94.0 Å². The molecule has 0 saturated heterocycles. The highest BCUT2D eigenvalue weighted by atomic mass is 16.5. The third-order valence-electron chi connectivity index (χ3n) is 3.05. The summed E-state index contributed by atoms with van der Waals surface area (Å²) in [4.78, 5) is 2.56. The van der Waals surface area contributed by atoms with E-state index in [9.17, 15) is 0 Å². The zero-order chi connectivity index (χ0) is 11.3. The number of hydrogen-bond acceptors (Lipinski definition) is 3. The topological polar surface area (TPSA) is 38.5 Å². The predicted octanol–water partition coefficient (Wildman–Crippen LogP) is 1.47. The molecule has 15 heavy (non-hydrogen) atoms. The van der Waals surface area contributed by atoms with E-state index in [4.69, 9.17) is 10.5 Å². The van der Waals surface area contributed by atoms with Crippen LogP contribution in [-0.4, -0.2) is 43.8 Å². The number of nitrogens with zero attached hydrogens (tertiary/aromatic N) is 1. The van der Waals surface area contributed by atoms with Crippen LogP contribution in [0, 0.1) is 5.92 Å². The fourth-order valence-electron chi connectivity index (χ4n) is 2.18. The zero-order valence-corrected chi connectivity index (χ0v) is 10.4. The summed E-state index contributed by atoms with van der Waals surface area (Å²) < 4.78 is 5.17. The number of hydrogen-bond donors (Lipinski definition) is 1. The Morgan fingerprint density at radius 3 is 2.47 bits per heavy atom. The van der Waals surface area contributed by atoms with Crippen molar-refractivity contribution in [2.24, 2.45) is 11.7 Å². The first kappa shape index (κ1) is 12.9. The quantitative estimate of drug-likeness (QED) is 0.665. The van der Waals surface area contributed by atoms with Gasteiger partial charge < -0.3 is 10.5 Å². The fourth-order valence-corrected chi connectivity index (χ4v) is 2.18. The molecule has 3 nitrogen and oxygen atoms in total. The SMILES string of the molecule is COCCN(C1CC1)C(CN)CC(C)C. The maximum Gasteiger partial charge on any atom is 0.0589 e. The number of ether oxygens (including phenoxy) is 1. The van der Waals surface area contributed by atoms with Crippen molar-refractivity contribution < 1.29 is 4.74 Å². The van der Waals surface area contributed by atoms with Crippen LogP contribution in [0.5, 0.6) is 0 Å². The standard InChI is InChI=1S/C12H26N2O/c1-10(2)8-12(9-13)14(6-7-15-3)11-4-5-11/h10-12H,4-9,13H2,1-3H3. The molecule has 1 saturated carbocycles. The first-order valence-corrected chi connectivity index (χ1v) is 6.13. The Bertz CT molecular complexity index is 169. The van der Waals surface area contributed by atoms with E-state index in [1.54, 1.807) is 7.11 Å². The van der Waals surface area contributed by atoms with Crippen molar-refractivity contribution in [2.75, 3.05) is 26.8 Å². The predicted molar refractivity (Wildman–Crippen MR) is 63.9 cm³/mol. The molecule has 1 aliphatic rings. The first-order chi connectivity index (χ1) is 7.19. The van der Waals surface area contributed by atoms with Crippen molar-refractivity contribution in [2.45, 2.75) is 45.2 Å². The van der Waals surface area contributed by atoms with Gasteiger partial charge in [-0.05, 0) is 25.2 Å². The van der Waals surface area contributed by atoms with E-state index in [0.717, 1.165) is 31.7 Å². The maximum absolute atomic E-state index is 5.88. The summed E-state index contributed by atoms with van der Waals surface area (Å²) >= 11 is 0. The number of rotatable bonds is 8. The number of methoxy groups -OCH3 is 1. The van der Waals surface area contributed by atoms with E-state index in [0.29, 0.717) is 6.04 Å². The van der Waals surface area contributed by atoms with E-state index in [2.05, 4.69) is 18.7 Å². The molecule has 1 aliphatic carbocycles. The van der Waals surface area contributed by atoms with Crippen LogP contribution >= 0.6 is 0 Å². The van der Waals surface area contributed by atoms with Gasteiger partial charge in [0.2, 0.25) is 0 Å². The molecular formula is C12H26N2O. The molecule has 1 unspecified atom stereocenters. The Morgan fingerprint density at radius 1 is 1.40 bits per heavy atom. The van der Waals surface area contributed by atoms with E-state index in [1.807, 2.05) is 0 Å². The molecule has 0 aromatic heterocycles. The van der Waals surface area contributed by atoms with Crippen LogP contribution in [0.25, 0.3) is 0 Å². The summed E-state index contributed by atoms with van der Waals surface area (Å²) in [6.45, 7) is 7.17. The summed E-state index contributed by atoms with van der Waals surface area (Å²) in [6, 6.07) is 1.33. The van der Waals surface area contributed by atoms with Gasteiger partial charge in [0, 0.05) is 32.3 Å². The van der Waals surface area contributed by atoms with Gasteiger partial charge >= 0.3 is 0 Å². The lowest BCUT2D eigenvalue weighted by molar-refractivity contribution is 0.107. The fraction of sp³-hybridized carbons (Fsp3) is 1.00. The molecule has 3 heteroatoms. The van der Waals surface area contributed by atoms with Crippen molar-refractivity contribution in [1.82, 2.24) is 4.90 Å². The summed E-state index contributed by atoms with van der Waals surface area (Å²) in [5, 5.41) is 0. The highest BCUT2D eigenvalue weighted by molar-refractivity contribution is 4.89. The van der Waals surface area contributed by atoms with Crippen LogP contribution < -0.4 is 5.73 Å². The summed E-state index contributed by atoms with van der Waals surface area (Å²) in [6.07, 6.45) is 3.90. The van der Waals surface area contributed by atoms with Gasteiger partial charge in [0.1, 0.15) is 0 Å². The minimum atomic E-state index is 0.549. The molecule has 0 aromatic carbocycles. The maximum atomic E-state index is 5.88. The molecular weight excluding hydrogens is 188 g/mol. The third-order valence-corrected chi connectivity index (χ3v) is 3.05. The monoisotopic (exact) mass is 214 g/mol. The van der Waals surface area contributed by atoms with Gasteiger partial charge in [0.25, 0.3) is 0 Å². The lowest BCUT2D eigenvalue weighted by Gasteiger charge is -2.32. The molecule has 1 atom stereocenters. The van der Waals surface area contributed by atoms with Crippen LogP contribution in [-0.2, 0) is 4.74 Å². The second kappa shape index (κ2) is 6.46. The average Bonchev–Trinajstić information content (AvgIpc) is 3.00. The van der Waals surface area contributed by atoms with Crippen LogP contribution in [0.3, 0.4) is 0 Å². The van der Waals surface area contributed by atoms with Gasteiger partial charge in [-0.3, -0.25) is 4.90 Å². The minimum Gasteiger partial charge on any atom is -0.383 e. The van der Waals surface area contributed by atoms with Crippen molar-refractivity contribution in [3.63, 3.8) is 0 Å². The largest absolute Gasteiger partial charge is 0.383 e. The second-order valence-electron chi connectivity index (χ2n) is 4.98. The molecule has 0 heterocycles. The van der Waals surface area contributed by atoms with Crippen molar-refractivity contribution >= 4 is 0 Å². The molecule has 2 N–H and O–H groups in total. The molecule has 0 bridgehead atoms. The van der Waals surface area contributed by atoms with Crippen LogP contribution in [0.2, 0.25) is 0 Å². The van der Waals surface area contributed by atoms with Gasteiger partial charge in [-0.2, -0.15) is 0 Å². The molecule has 0 aliphatic heterocycles. The Hall–Kier alpha value is -0.120. The summed E-state index contributed by atoms with van der Waals surface area (Å²) in [7, 11) is 1.77. The highest BCUT2D eigenvalue weighted by Crippen LogP contribution is 2.29. The van der Waals surface area contributed by atoms with Gasteiger partial charge in [-0.25, -0.2) is 0 Å². The van der Waals surface area contributed by atoms with Gasteiger partial charge in [0.05, 0.1) is 6.61 Å². The van der Waals surface area contributed by atoms with E-state index in [-0.39, 0.29) is 0 Å². The first-order valence-electron chi connectivity index (χ1n) is 6.13. The van der Waals surface area contributed by atoms with Gasteiger partial charge in [-0.15, -0.1) is 0 Å². The second-order valence-corrected chi connectivity index (χ2v) is 4.98. The highest BCUT2D eigenvalue weighted by Gasteiger charge is 2.33. The average molecular weight is 214 g/mol. The van der Waals surface area contributed by atoms with Crippen LogP contribution in [0.4, 0.5) is 0 Å². The molecule has 0 spiro atoms. The van der Waals surface area contributed by atoms with Gasteiger partial charge in [0.15, 0.2) is 0 Å². The Morgan fingerprint density at radius 2 is 2.07 bits per heavy atom. The Kier molecular flexibility index (Phi) is 5.58. The van der Waals surface area contributed by atoms with Crippen molar-refractivity contribution in [1.29, 1.82) is 0 Å².